The highest BCUT2D eigenvalue weighted by Gasteiger charge is 2.25. The molecule has 9 heteroatoms. The number of hydrogen-bond acceptors (Lipinski definition) is 7. The molecular weight excluding hydrogens is 658 g/mol. The van der Waals surface area contributed by atoms with E-state index in [1.54, 1.807) is 0 Å². The van der Waals surface area contributed by atoms with E-state index >= 15 is 0 Å². The van der Waals surface area contributed by atoms with Crippen molar-refractivity contribution in [2.75, 3.05) is 47.5 Å². The number of allylic oxidation sites excluding steroid dienone is 10. The van der Waals surface area contributed by atoms with Crippen LogP contribution in [0.5, 0.6) is 0 Å². The molecule has 2 atom stereocenters. The lowest BCUT2D eigenvalue weighted by Gasteiger charge is -2.25. The molecule has 1 N–H and O–H groups in total. The van der Waals surface area contributed by atoms with E-state index in [0.29, 0.717) is 23.9 Å². The Morgan fingerprint density at radius 2 is 1.10 bits per heavy atom. The second kappa shape index (κ2) is 35.0. The molecular formula is C43H74NO8+. The van der Waals surface area contributed by atoms with Gasteiger partial charge in [-0.3, -0.25) is 9.59 Å². The summed E-state index contributed by atoms with van der Waals surface area (Å²) in [7, 11) is 5.92. The molecule has 0 heterocycles. The Bertz CT molecular complexity index is 1040. The van der Waals surface area contributed by atoms with Gasteiger partial charge in [-0.05, 0) is 57.8 Å². The summed E-state index contributed by atoms with van der Waals surface area (Å²) in [6.07, 6.45) is 37.2. The summed E-state index contributed by atoms with van der Waals surface area (Å²) in [5, 5.41) is 9.58. The highest BCUT2D eigenvalue weighted by molar-refractivity contribution is 5.71. The zero-order valence-corrected chi connectivity index (χ0v) is 33.4. The van der Waals surface area contributed by atoms with Crippen LogP contribution in [-0.4, -0.2) is 87.4 Å². The monoisotopic (exact) mass is 733 g/mol. The fourth-order valence-corrected chi connectivity index (χ4v) is 4.92. The Morgan fingerprint density at radius 3 is 1.63 bits per heavy atom. The molecule has 0 saturated heterocycles. The van der Waals surface area contributed by atoms with E-state index < -0.39 is 24.3 Å². The van der Waals surface area contributed by atoms with Crippen LogP contribution in [0.3, 0.4) is 0 Å². The lowest BCUT2D eigenvalue weighted by molar-refractivity contribution is -0.870. The minimum absolute atomic E-state index is 0.179. The first-order chi connectivity index (χ1) is 25.1. The average Bonchev–Trinajstić information content (AvgIpc) is 3.09. The third-order valence-corrected chi connectivity index (χ3v) is 8.04. The van der Waals surface area contributed by atoms with Crippen molar-refractivity contribution in [3.8, 4) is 0 Å². The van der Waals surface area contributed by atoms with E-state index in [4.69, 9.17) is 18.9 Å². The van der Waals surface area contributed by atoms with Crippen LogP contribution in [0.2, 0.25) is 0 Å². The van der Waals surface area contributed by atoms with Crippen molar-refractivity contribution in [3.63, 3.8) is 0 Å². The van der Waals surface area contributed by atoms with Crippen molar-refractivity contribution in [2.45, 2.75) is 148 Å². The van der Waals surface area contributed by atoms with Gasteiger partial charge in [-0.15, -0.1) is 0 Å². The third kappa shape index (κ3) is 35.4. The number of likely N-dealkylation sites (N-methyl/N-ethyl adjacent to an activating group) is 1. The van der Waals surface area contributed by atoms with Gasteiger partial charge in [-0.2, -0.15) is 0 Å². The van der Waals surface area contributed by atoms with E-state index in [1.807, 2.05) is 21.1 Å². The number of carboxylic acid groups (broad SMARTS) is 1. The maximum atomic E-state index is 12.7. The number of unbranched alkanes of at least 4 members (excludes halogenated alkanes) is 10. The van der Waals surface area contributed by atoms with Crippen LogP contribution in [0.1, 0.15) is 136 Å². The molecule has 0 aromatic carbocycles. The fraction of sp³-hybridized carbons (Fsp3) is 0.698. The summed E-state index contributed by atoms with van der Waals surface area (Å²) in [4.78, 5) is 36.8. The van der Waals surface area contributed by atoms with Crippen molar-refractivity contribution in [1.82, 2.24) is 0 Å². The summed E-state index contributed by atoms with van der Waals surface area (Å²) in [5.74, 6) is -2.07. The summed E-state index contributed by atoms with van der Waals surface area (Å²) in [6.45, 7) is 4.65. The average molecular weight is 733 g/mol. The summed E-state index contributed by atoms with van der Waals surface area (Å²) >= 11 is 0. The quantitative estimate of drug-likeness (QED) is 0.0226. The van der Waals surface area contributed by atoms with Crippen LogP contribution in [0.4, 0.5) is 0 Å². The molecule has 0 radical (unpaired) electrons. The second-order valence-corrected chi connectivity index (χ2v) is 14.2. The molecule has 0 fully saturated rings. The van der Waals surface area contributed by atoms with E-state index in [0.717, 1.165) is 70.6 Å². The second-order valence-electron chi connectivity index (χ2n) is 14.2. The zero-order chi connectivity index (χ0) is 38.5. The van der Waals surface area contributed by atoms with Gasteiger partial charge in [0.2, 0.25) is 0 Å². The number of carboxylic acids is 1. The van der Waals surface area contributed by atoms with Crippen LogP contribution in [0.15, 0.2) is 60.8 Å². The smallest absolute Gasteiger partial charge is 0.361 e. The Hall–Kier alpha value is -3.01. The molecule has 0 aromatic rings. The van der Waals surface area contributed by atoms with Crippen LogP contribution < -0.4 is 0 Å². The van der Waals surface area contributed by atoms with Crippen molar-refractivity contribution in [2.24, 2.45) is 0 Å². The van der Waals surface area contributed by atoms with Gasteiger partial charge >= 0.3 is 17.9 Å². The molecule has 0 aliphatic heterocycles. The van der Waals surface area contributed by atoms with Gasteiger partial charge in [0.05, 0.1) is 34.4 Å². The normalized spacial score (nSPS) is 13.6. The minimum atomic E-state index is -1.52. The molecule has 0 aliphatic carbocycles. The topological polar surface area (TPSA) is 108 Å². The Kier molecular flexibility index (Phi) is 33.0. The molecule has 0 rings (SSSR count). The number of carbonyl (C=O) groups is 3. The van der Waals surface area contributed by atoms with Gasteiger partial charge in [0.15, 0.2) is 6.10 Å². The van der Waals surface area contributed by atoms with Crippen LogP contribution in [-0.2, 0) is 33.3 Å². The number of nitrogens with zero attached hydrogens (tertiary/aromatic N) is 1. The Balaban J connectivity index is 4.54. The van der Waals surface area contributed by atoms with Gasteiger partial charge in [0.25, 0.3) is 6.29 Å². The Morgan fingerprint density at radius 1 is 0.596 bits per heavy atom. The number of rotatable bonds is 35. The first kappa shape index (κ1) is 49.0. The molecule has 0 amide bonds. The van der Waals surface area contributed by atoms with E-state index in [2.05, 4.69) is 74.6 Å². The van der Waals surface area contributed by atoms with E-state index in [9.17, 15) is 19.5 Å². The predicted molar refractivity (Wildman–Crippen MR) is 212 cm³/mol. The number of quaternary nitrogens is 1. The maximum absolute atomic E-state index is 12.7. The molecule has 0 bridgehead atoms. The molecule has 0 saturated carbocycles. The van der Waals surface area contributed by atoms with Gasteiger partial charge in [0, 0.05) is 12.8 Å². The van der Waals surface area contributed by atoms with Crippen molar-refractivity contribution < 1.29 is 42.9 Å². The molecule has 0 aromatic heterocycles. The minimum Gasteiger partial charge on any atom is -0.477 e. The molecule has 0 aliphatic rings. The highest BCUT2D eigenvalue weighted by atomic mass is 16.7. The molecule has 2 unspecified atom stereocenters. The van der Waals surface area contributed by atoms with Crippen LogP contribution in [0.25, 0.3) is 0 Å². The number of hydrogen-bond donors (Lipinski definition) is 1. The molecule has 9 nitrogen and oxygen atoms in total. The van der Waals surface area contributed by atoms with Gasteiger partial charge in [-0.25, -0.2) is 4.79 Å². The number of carbonyl (C=O) groups excluding carboxylic acids is 2. The SMILES string of the molecule is CC/C=C\C/C=C\C/C=C\C/C=C\C/C=C\CCCCCC(=O)OC(COC(=O)CCCCCCCCCC)COC(OCC[N+](C)(C)C)C(=O)O. The fourth-order valence-electron chi connectivity index (χ4n) is 4.92. The lowest BCUT2D eigenvalue weighted by atomic mass is 10.1. The van der Waals surface area contributed by atoms with Crippen molar-refractivity contribution in [1.29, 1.82) is 0 Å². The van der Waals surface area contributed by atoms with Crippen LogP contribution >= 0.6 is 0 Å². The van der Waals surface area contributed by atoms with Crippen molar-refractivity contribution in [3.05, 3.63) is 60.8 Å². The maximum Gasteiger partial charge on any atom is 0.361 e. The summed E-state index contributed by atoms with van der Waals surface area (Å²) in [5.41, 5.74) is 0. The standard InChI is InChI=1S/C43H73NO8/c1-6-8-10-12-14-16-17-18-19-20-21-22-23-24-25-26-28-30-32-34-41(46)52-39(38-51-43(42(47)48)49-36-35-44(3,4)5)37-50-40(45)33-31-29-27-15-13-11-9-7-2/h8,10,14,16,18-19,21-22,24-25,39,43H,6-7,9,11-13,15,17,20,23,26-38H2,1-5H3/p+1/b10-8-,16-14-,19-18-,22-21-,25-24-. The van der Waals surface area contributed by atoms with Crippen molar-refractivity contribution >= 4 is 17.9 Å². The molecule has 298 valence electrons. The molecule has 0 spiro atoms. The number of aliphatic carboxylic acids is 1. The Labute approximate surface area is 316 Å². The van der Waals surface area contributed by atoms with Gasteiger partial charge in [-0.1, -0.05) is 126 Å². The van der Waals surface area contributed by atoms with Crippen LogP contribution in [0, 0.1) is 0 Å². The van der Waals surface area contributed by atoms with Gasteiger partial charge < -0.3 is 28.5 Å². The molecule has 52 heavy (non-hydrogen) atoms. The zero-order valence-electron chi connectivity index (χ0n) is 33.4. The summed E-state index contributed by atoms with van der Waals surface area (Å²) < 4.78 is 22.5. The predicted octanol–water partition coefficient (Wildman–Crippen LogP) is 9.82. The third-order valence-electron chi connectivity index (χ3n) is 8.04. The van der Waals surface area contributed by atoms with E-state index in [-0.39, 0.29) is 32.2 Å². The lowest BCUT2D eigenvalue weighted by Crippen LogP contribution is -2.40. The first-order valence-corrected chi connectivity index (χ1v) is 20.0. The summed E-state index contributed by atoms with van der Waals surface area (Å²) in [6, 6.07) is 0. The largest absolute Gasteiger partial charge is 0.477 e. The first-order valence-electron chi connectivity index (χ1n) is 20.0. The van der Waals surface area contributed by atoms with Gasteiger partial charge in [0.1, 0.15) is 13.2 Å². The number of ether oxygens (including phenoxy) is 4. The number of esters is 2. The van der Waals surface area contributed by atoms with E-state index in [1.165, 1.54) is 32.1 Å². The highest BCUT2D eigenvalue weighted by Crippen LogP contribution is 2.12.